The first-order chi connectivity index (χ1) is 7.91. The van der Waals surface area contributed by atoms with Crippen molar-refractivity contribution in [2.24, 2.45) is 0 Å². The van der Waals surface area contributed by atoms with Gasteiger partial charge in [0.15, 0.2) is 5.78 Å². The molecule has 0 bridgehead atoms. The summed E-state index contributed by atoms with van der Waals surface area (Å²) in [7, 11) is 0. The normalized spacial score (nSPS) is 25.4. The standard InChI is InChI=1S/C15H21NO/c1-11-10-13(16(11)15(2,3)4)14(17)12-8-6-5-7-9-12/h5-9,11,13H,10H2,1-4H3. The molecule has 0 aromatic heterocycles. The predicted octanol–water partition coefficient (Wildman–Crippen LogP) is 3.13. The largest absolute Gasteiger partial charge is 0.292 e. The molecule has 1 aromatic carbocycles. The first-order valence-electron chi connectivity index (χ1n) is 6.29. The van der Waals surface area contributed by atoms with E-state index >= 15 is 0 Å². The smallest absolute Gasteiger partial charge is 0.180 e. The number of carbonyl (C=O) groups is 1. The molecule has 0 aliphatic carbocycles. The van der Waals surface area contributed by atoms with Crippen molar-refractivity contribution in [3.63, 3.8) is 0 Å². The molecule has 1 aromatic rings. The molecule has 2 atom stereocenters. The molecule has 2 heteroatoms. The number of nitrogens with zero attached hydrogens (tertiary/aromatic N) is 1. The molecule has 1 fully saturated rings. The number of benzene rings is 1. The number of hydrogen-bond donors (Lipinski definition) is 0. The van der Waals surface area contributed by atoms with E-state index in [0.717, 1.165) is 12.0 Å². The van der Waals surface area contributed by atoms with Gasteiger partial charge in [0.1, 0.15) is 0 Å². The second-order valence-corrected chi connectivity index (χ2v) is 5.91. The highest BCUT2D eigenvalue weighted by atomic mass is 16.1. The van der Waals surface area contributed by atoms with Gasteiger partial charge in [0.05, 0.1) is 6.04 Å². The van der Waals surface area contributed by atoms with E-state index < -0.39 is 0 Å². The molecule has 1 saturated heterocycles. The number of likely N-dealkylation sites (tertiary alicyclic amines) is 1. The van der Waals surface area contributed by atoms with Crippen LogP contribution in [0.4, 0.5) is 0 Å². The van der Waals surface area contributed by atoms with E-state index in [1.807, 2.05) is 30.3 Å². The molecule has 0 saturated carbocycles. The third-order valence-electron chi connectivity index (χ3n) is 3.51. The minimum atomic E-state index is 0.0623. The summed E-state index contributed by atoms with van der Waals surface area (Å²) in [4.78, 5) is 14.7. The van der Waals surface area contributed by atoms with Crippen LogP contribution in [0.2, 0.25) is 0 Å². The summed E-state index contributed by atoms with van der Waals surface area (Å²) in [6.45, 7) is 8.72. The molecule has 2 unspecified atom stereocenters. The summed E-state index contributed by atoms with van der Waals surface area (Å²) in [5.74, 6) is 0.263. The van der Waals surface area contributed by atoms with Crippen molar-refractivity contribution in [1.82, 2.24) is 4.90 Å². The molecular formula is C15H21NO. The zero-order valence-corrected chi connectivity index (χ0v) is 11.1. The van der Waals surface area contributed by atoms with E-state index in [1.165, 1.54) is 0 Å². The fourth-order valence-corrected chi connectivity index (χ4v) is 2.88. The lowest BCUT2D eigenvalue weighted by Gasteiger charge is -2.53. The zero-order chi connectivity index (χ0) is 12.6. The van der Waals surface area contributed by atoms with Gasteiger partial charge < -0.3 is 0 Å². The fraction of sp³-hybridized carbons (Fsp3) is 0.533. The lowest BCUT2D eigenvalue weighted by molar-refractivity contribution is -0.0360. The molecule has 0 radical (unpaired) electrons. The first-order valence-corrected chi connectivity index (χ1v) is 6.29. The number of ketones is 1. The van der Waals surface area contributed by atoms with Gasteiger partial charge in [0.2, 0.25) is 0 Å². The molecule has 92 valence electrons. The lowest BCUT2D eigenvalue weighted by atomic mass is 9.83. The summed E-state index contributed by atoms with van der Waals surface area (Å²) in [6, 6.07) is 10.2. The van der Waals surface area contributed by atoms with Crippen LogP contribution in [-0.4, -0.2) is 28.3 Å². The average molecular weight is 231 g/mol. The van der Waals surface area contributed by atoms with Crippen molar-refractivity contribution in [3.8, 4) is 0 Å². The van der Waals surface area contributed by atoms with Gasteiger partial charge in [-0.25, -0.2) is 0 Å². The summed E-state index contributed by atoms with van der Waals surface area (Å²) in [5.41, 5.74) is 0.894. The van der Waals surface area contributed by atoms with Crippen molar-refractivity contribution >= 4 is 5.78 Å². The van der Waals surface area contributed by atoms with Crippen molar-refractivity contribution in [3.05, 3.63) is 35.9 Å². The third-order valence-corrected chi connectivity index (χ3v) is 3.51. The molecule has 1 aliphatic heterocycles. The summed E-state index contributed by atoms with van der Waals surface area (Å²) in [6.07, 6.45) is 0.977. The number of Topliss-reactive ketones (excluding diaryl/α,β-unsaturated/α-hetero) is 1. The quantitative estimate of drug-likeness (QED) is 0.729. The van der Waals surface area contributed by atoms with Gasteiger partial charge >= 0.3 is 0 Å². The van der Waals surface area contributed by atoms with Crippen molar-refractivity contribution in [2.75, 3.05) is 0 Å². The van der Waals surface area contributed by atoms with Crippen molar-refractivity contribution in [1.29, 1.82) is 0 Å². The maximum atomic E-state index is 12.4. The Hall–Kier alpha value is -1.15. The van der Waals surface area contributed by atoms with Crippen LogP contribution >= 0.6 is 0 Å². The van der Waals surface area contributed by atoms with E-state index in [1.54, 1.807) is 0 Å². The minimum absolute atomic E-state index is 0.0623. The van der Waals surface area contributed by atoms with Crippen molar-refractivity contribution in [2.45, 2.75) is 51.7 Å². The number of hydrogen-bond acceptors (Lipinski definition) is 2. The third kappa shape index (κ3) is 2.27. The van der Waals surface area contributed by atoms with E-state index in [9.17, 15) is 4.79 Å². The van der Waals surface area contributed by atoms with E-state index in [2.05, 4.69) is 32.6 Å². The zero-order valence-electron chi connectivity index (χ0n) is 11.1. The van der Waals surface area contributed by atoms with E-state index in [-0.39, 0.29) is 17.4 Å². The van der Waals surface area contributed by atoms with Gasteiger partial charge in [-0.1, -0.05) is 30.3 Å². The summed E-state index contributed by atoms with van der Waals surface area (Å²) < 4.78 is 0. The molecular weight excluding hydrogens is 210 g/mol. The SMILES string of the molecule is CC1CC(C(=O)c2ccccc2)N1C(C)(C)C. The Morgan fingerprint density at radius 1 is 1.24 bits per heavy atom. The topological polar surface area (TPSA) is 20.3 Å². The van der Waals surface area contributed by atoms with E-state index in [0.29, 0.717) is 6.04 Å². The summed E-state index contributed by atoms with van der Waals surface area (Å²) >= 11 is 0. The van der Waals surface area contributed by atoms with Crippen LogP contribution in [0.15, 0.2) is 30.3 Å². The Morgan fingerprint density at radius 2 is 1.82 bits per heavy atom. The Labute approximate surface area is 104 Å². The van der Waals surface area contributed by atoms with Crippen LogP contribution in [-0.2, 0) is 0 Å². The number of rotatable bonds is 2. The van der Waals surface area contributed by atoms with Crippen LogP contribution in [0.5, 0.6) is 0 Å². The Morgan fingerprint density at radius 3 is 2.29 bits per heavy atom. The van der Waals surface area contributed by atoms with Crippen LogP contribution in [0, 0.1) is 0 Å². The maximum Gasteiger partial charge on any atom is 0.180 e. The number of carbonyl (C=O) groups excluding carboxylic acids is 1. The molecule has 0 spiro atoms. The van der Waals surface area contributed by atoms with Crippen LogP contribution in [0.25, 0.3) is 0 Å². The minimum Gasteiger partial charge on any atom is -0.292 e. The maximum absolute atomic E-state index is 12.4. The first kappa shape index (κ1) is 12.3. The van der Waals surface area contributed by atoms with Gasteiger partial charge in [-0.2, -0.15) is 0 Å². The lowest BCUT2D eigenvalue weighted by Crippen LogP contribution is -2.65. The highest BCUT2D eigenvalue weighted by molar-refractivity contribution is 6.00. The fourth-order valence-electron chi connectivity index (χ4n) is 2.88. The Balaban J connectivity index is 2.17. The van der Waals surface area contributed by atoms with Gasteiger partial charge in [0, 0.05) is 17.1 Å². The predicted molar refractivity (Wildman–Crippen MR) is 70.2 cm³/mol. The van der Waals surface area contributed by atoms with Gasteiger partial charge in [-0.3, -0.25) is 9.69 Å². The molecule has 0 amide bonds. The van der Waals surface area contributed by atoms with Crippen molar-refractivity contribution < 1.29 is 4.79 Å². The van der Waals surface area contributed by atoms with Gasteiger partial charge in [-0.05, 0) is 34.1 Å². The van der Waals surface area contributed by atoms with Gasteiger partial charge in [0.25, 0.3) is 0 Å². The summed E-state index contributed by atoms with van der Waals surface area (Å²) in [5, 5.41) is 0. The average Bonchev–Trinajstić information content (AvgIpc) is 2.23. The molecule has 2 rings (SSSR count). The Bertz CT molecular complexity index is 405. The second-order valence-electron chi connectivity index (χ2n) is 5.91. The highest BCUT2D eigenvalue weighted by Gasteiger charge is 2.45. The van der Waals surface area contributed by atoms with Gasteiger partial charge in [-0.15, -0.1) is 0 Å². The Kier molecular flexibility index (Phi) is 3.09. The molecule has 1 heterocycles. The second kappa shape index (κ2) is 4.26. The van der Waals surface area contributed by atoms with Crippen LogP contribution in [0.1, 0.15) is 44.5 Å². The van der Waals surface area contributed by atoms with Crippen LogP contribution in [0.3, 0.4) is 0 Å². The molecule has 17 heavy (non-hydrogen) atoms. The molecule has 0 N–H and O–H groups in total. The highest BCUT2D eigenvalue weighted by Crippen LogP contribution is 2.35. The molecule has 2 nitrogen and oxygen atoms in total. The molecule has 1 aliphatic rings. The monoisotopic (exact) mass is 231 g/mol. The van der Waals surface area contributed by atoms with E-state index in [4.69, 9.17) is 0 Å². The van der Waals surface area contributed by atoms with Crippen LogP contribution < -0.4 is 0 Å².